The maximum atomic E-state index is 13.7. The second kappa shape index (κ2) is 9.23. The molecule has 1 aromatic carbocycles. The number of aromatic nitrogens is 4. The Morgan fingerprint density at radius 3 is 2.80 bits per heavy atom. The number of hydrogen-bond acceptors (Lipinski definition) is 6. The van der Waals surface area contributed by atoms with Gasteiger partial charge in [0.2, 0.25) is 5.82 Å². The molecule has 0 radical (unpaired) electrons. The van der Waals surface area contributed by atoms with Crippen LogP contribution in [0.1, 0.15) is 44.0 Å². The number of ether oxygens (including phenoxy) is 1. The predicted octanol–water partition coefficient (Wildman–Crippen LogP) is 4.80. The Bertz CT molecular complexity index is 1230. The van der Waals surface area contributed by atoms with Crippen molar-refractivity contribution in [2.75, 3.05) is 13.2 Å². The van der Waals surface area contributed by atoms with E-state index in [4.69, 9.17) is 14.4 Å². The molecule has 0 saturated heterocycles. The Hall–Kier alpha value is -3.57. The monoisotopic (exact) mass is 493 g/mol. The number of halogens is 3. The molecular formula is C23H26F3N5O4. The lowest BCUT2D eigenvalue weighted by Gasteiger charge is -2.30. The van der Waals surface area contributed by atoms with Gasteiger partial charge in [-0.2, -0.15) is 23.3 Å². The average molecular weight is 493 g/mol. The van der Waals surface area contributed by atoms with E-state index in [1.165, 1.54) is 6.07 Å². The fourth-order valence-electron chi connectivity index (χ4n) is 4.21. The zero-order valence-electron chi connectivity index (χ0n) is 19.6. The van der Waals surface area contributed by atoms with Crippen LogP contribution < -0.4 is 10.1 Å². The van der Waals surface area contributed by atoms with Crippen molar-refractivity contribution in [3.05, 3.63) is 35.0 Å². The number of alkyl halides is 3. The summed E-state index contributed by atoms with van der Waals surface area (Å²) in [7, 11) is 0. The normalized spacial score (nSPS) is 15.0. The molecule has 4 rings (SSSR count). The van der Waals surface area contributed by atoms with Crippen molar-refractivity contribution >= 4 is 6.09 Å². The Labute approximate surface area is 199 Å². The number of benzene rings is 1. The van der Waals surface area contributed by atoms with Crippen LogP contribution in [0.2, 0.25) is 0 Å². The van der Waals surface area contributed by atoms with E-state index in [9.17, 15) is 18.0 Å². The molecule has 0 atom stereocenters. The van der Waals surface area contributed by atoms with Gasteiger partial charge >= 0.3 is 12.3 Å². The Kier molecular flexibility index (Phi) is 6.48. The first-order valence-corrected chi connectivity index (χ1v) is 11.2. The SMILES string of the molecule is CCn1nc(-c2nc(-c3ccc(OCCNC(=O)O)c(C(F)(F)F)c3)no2)c2c1CC(C)(C)CC2. The fraction of sp³-hybridized carbons (Fsp3) is 0.478. The highest BCUT2D eigenvalue weighted by atomic mass is 19.4. The lowest BCUT2D eigenvalue weighted by molar-refractivity contribution is -0.138. The quantitative estimate of drug-likeness (QED) is 0.454. The summed E-state index contributed by atoms with van der Waals surface area (Å²) >= 11 is 0. The summed E-state index contributed by atoms with van der Waals surface area (Å²) in [6.07, 6.45) is -3.35. The number of hydrogen-bond donors (Lipinski definition) is 2. The first-order valence-electron chi connectivity index (χ1n) is 11.2. The molecule has 2 aromatic heterocycles. The molecule has 3 aromatic rings. The van der Waals surface area contributed by atoms with Gasteiger partial charge in [0.1, 0.15) is 12.4 Å². The zero-order valence-corrected chi connectivity index (χ0v) is 19.6. The molecule has 0 aliphatic heterocycles. The van der Waals surface area contributed by atoms with Gasteiger partial charge in [0, 0.05) is 23.4 Å². The molecule has 9 nitrogen and oxygen atoms in total. The van der Waals surface area contributed by atoms with Gasteiger partial charge in [-0.1, -0.05) is 19.0 Å². The molecule has 35 heavy (non-hydrogen) atoms. The van der Waals surface area contributed by atoms with Gasteiger partial charge < -0.3 is 19.7 Å². The highest BCUT2D eigenvalue weighted by molar-refractivity contribution is 5.64. The first kappa shape index (κ1) is 24.6. The molecule has 2 heterocycles. The van der Waals surface area contributed by atoms with Crippen molar-refractivity contribution in [3.63, 3.8) is 0 Å². The van der Waals surface area contributed by atoms with Crippen LogP contribution in [0.3, 0.4) is 0 Å². The molecule has 1 amide bonds. The van der Waals surface area contributed by atoms with Gasteiger partial charge in [-0.3, -0.25) is 4.68 Å². The summed E-state index contributed by atoms with van der Waals surface area (Å²) in [5, 5.41) is 19.2. The molecule has 1 aliphatic rings. The summed E-state index contributed by atoms with van der Waals surface area (Å²) in [4.78, 5) is 14.8. The van der Waals surface area contributed by atoms with Crippen LogP contribution in [-0.2, 0) is 25.6 Å². The van der Waals surface area contributed by atoms with Crippen LogP contribution in [-0.4, -0.2) is 44.3 Å². The van der Waals surface area contributed by atoms with E-state index in [2.05, 4.69) is 29.1 Å². The number of nitrogens with zero attached hydrogens (tertiary/aromatic N) is 4. The molecule has 0 saturated carbocycles. The molecule has 0 fully saturated rings. The standard InChI is InChI=1S/C23H26F3N5O4/c1-4-31-16-12-22(2,3)8-7-14(16)18(29-31)20-28-19(30-35-20)13-5-6-17(15(11-13)23(24,25)26)34-10-9-27-21(32)33/h5-6,11,27H,4,7-10,12H2,1-3H3,(H,32,33). The highest BCUT2D eigenvalue weighted by Gasteiger charge is 2.36. The van der Waals surface area contributed by atoms with Crippen LogP contribution in [0.5, 0.6) is 5.75 Å². The van der Waals surface area contributed by atoms with Gasteiger partial charge in [0.25, 0.3) is 5.89 Å². The van der Waals surface area contributed by atoms with Gasteiger partial charge in [-0.05, 0) is 49.8 Å². The summed E-state index contributed by atoms with van der Waals surface area (Å²) < 4.78 is 53.5. The fourth-order valence-corrected chi connectivity index (χ4v) is 4.21. The van der Waals surface area contributed by atoms with Crippen LogP contribution >= 0.6 is 0 Å². The lowest BCUT2D eigenvalue weighted by atomic mass is 9.76. The molecule has 12 heteroatoms. The lowest BCUT2D eigenvalue weighted by Crippen LogP contribution is -2.26. The maximum Gasteiger partial charge on any atom is 0.419 e. The first-order chi connectivity index (χ1) is 16.5. The van der Waals surface area contributed by atoms with Gasteiger partial charge in [0.15, 0.2) is 5.69 Å². The minimum Gasteiger partial charge on any atom is -0.491 e. The smallest absolute Gasteiger partial charge is 0.419 e. The van der Waals surface area contributed by atoms with Crippen molar-refractivity contribution in [1.82, 2.24) is 25.2 Å². The van der Waals surface area contributed by atoms with Crippen molar-refractivity contribution in [2.24, 2.45) is 5.41 Å². The number of amides is 1. The number of nitrogens with one attached hydrogen (secondary N) is 1. The van der Waals surface area contributed by atoms with E-state index >= 15 is 0 Å². The molecule has 2 N–H and O–H groups in total. The van der Waals surface area contributed by atoms with E-state index < -0.39 is 23.6 Å². The third kappa shape index (κ3) is 5.25. The topological polar surface area (TPSA) is 115 Å². The van der Waals surface area contributed by atoms with Crippen molar-refractivity contribution < 1.29 is 32.3 Å². The molecule has 188 valence electrons. The van der Waals surface area contributed by atoms with E-state index in [1.807, 2.05) is 16.9 Å². The van der Waals surface area contributed by atoms with E-state index in [-0.39, 0.29) is 35.8 Å². The largest absolute Gasteiger partial charge is 0.491 e. The van der Waals surface area contributed by atoms with Crippen LogP contribution in [0.15, 0.2) is 22.7 Å². The second-order valence-corrected chi connectivity index (χ2v) is 9.14. The molecule has 0 bridgehead atoms. The van der Waals surface area contributed by atoms with Gasteiger partial charge in [-0.25, -0.2) is 4.79 Å². The predicted molar refractivity (Wildman–Crippen MR) is 119 cm³/mol. The third-order valence-corrected chi connectivity index (χ3v) is 5.97. The second-order valence-electron chi connectivity index (χ2n) is 9.14. The minimum absolute atomic E-state index is 0.000492. The Morgan fingerprint density at radius 2 is 2.11 bits per heavy atom. The zero-order chi connectivity index (χ0) is 25.4. The average Bonchev–Trinajstić information content (AvgIpc) is 3.39. The Balaban J connectivity index is 1.63. The number of carbonyl (C=O) groups is 1. The van der Waals surface area contributed by atoms with Gasteiger partial charge in [-0.15, -0.1) is 0 Å². The molecule has 1 aliphatic carbocycles. The van der Waals surface area contributed by atoms with Crippen LogP contribution in [0.4, 0.5) is 18.0 Å². The summed E-state index contributed by atoms with van der Waals surface area (Å²) in [6.45, 7) is 6.68. The summed E-state index contributed by atoms with van der Waals surface area (Å²) in [5.74, 6) is -0.257. The number of carboxylic acid groups (broad SMARTS) is 1. The summed E-state index contributed by atoms with van der Waals surface area (Å²) in [6, 6.07) is 3.44. The molecule has 0 unspecified atom stereocenters. The van der Waals surface area contributed by atoms with Crippen molar-refractivity contribution in [1.29, 1.82) is 0 Å². The number of rotatable bonds is 7. The number of aryl methyl sites for hydroxylation is 1. The number of fused-ring (bicyclic) bond motifs is 1. The minimum atomic E-state index is -4.70. The van der Waals surface area contributed by atoms with Crippen molar-refractivity contribution in [2.45, 2.75) is 52.8 Å². The van der Waals surface area contributed by atoms with Crippen molar-refractivity contribution in [3.8, 4) is 28.7 Å². The van der Waals surface area contributed by atoms with Crippen LogP contribution in [0.25, 0.3) is 23.0 Å². The van der Waals surface area contributed by atoms with E-state index in [0.29, 0.717) is 12.2 Å². The molecule has 0 spiro atoms. The molecular weight excluding hydrogens is 467 g/mol. The van der Waals surface area contributed by atoms with Crippen LogP contribution in [0, 0.1) is 5.41 Å². The van der Waals surface area contributed by atoms with E-state index in [0.717, 1.165) is 42.7 Å². The maximum absolute atomic E-state index is 13.7. The van der Waals surface area contributed by atoms with E-state index in [1.54, 1.807) is 0 Å². The third-order valence-electron chi connectivity index (χ3n) is 5.97. The summed E-state index contributed by atoms with van der Waals surface area (Å²) in [5.41, 5.74) is 1.96. The highest BCUT2D eigenvalue weighted by Crippen LogP contribution is 2.40. The Morgan fingerprint density at radius 1 is 1.34 bits per heavy atom. The van der Waals surface area contributed by atoms with Gasteiger partial charge in [0.05, 0.1) is 12.1 Å².